The molecule has 1 saturated carbocycles. The highest BCUT2D eigenvalue weighted by atomic mass is 32.1. The van der Waals surface area contributed by atoms with Gasteiger partial charge in [0.2, 0.25) is 0 Å². The number of carbonyl (C=O) groups is 1. The molecule has 0 bridgehead atoms. The van der Waals surface area contributed by atoms with Crippen LogP contribution in [0.25, 0.3) is 0 Å². The van der Waals surface area contributed by atoms with Crippen molar-refractivity contribution in [3.63, 3.8) is 0 Å². The number of nitrogens with one attached hydrogen (secondary N) is 1. The molecule has 148 valence electrons. The van der Waals surface area contributed by atoms with Crippen LogP contribution in [0.15, 0.2) is 42.9 Å². The standard InChI is InChI=1S/C21H26N4O2S/c1-27-18(26)10-13-25-20(15-9-12-24(14-15)16-6-2-3-7-16)19(23-21(25)28)17-8-4-5-11-22-17/h4-5,8-9,11-12,14,16,19-20H,2-3,6-7,10,13H2,1H3,(H,23,28)/t19-,20+/m0/s1. The summed E-state index contributed by atoms with van der Waals surface area (Å²) in [7, 11) is 1.42. The van der Waals surface area contributed by atoms with Gasteiger partial charge in [-0.25, -0.2) is 0 Å². The lowest BCUT2D eigenvalue weighted by Gasteiger charge is -2.27. The molecule has 0 amide bonds. The maximum atomic E-state index is 11.7. The van der Waals surface area contributed by atoms with Crippen molar-refractivity contribution in [1.29, 1.82) is 0 Å². The molecule has 2 aliphatic rings. The molecule has 0 spiro atoms. The van der Waals surface area contributed by atoms with E-state index in [1.54, 1.807) is 6.20 Å². The minimum atomic E-state index is -0.230. The maximum Gasteiger partial charge on any atom is 0.307 e. The van der Waals surface area contributed by atoms with Gasteiger partial charge in [0.25, 0.3) is 0 Å². The summed E-state index contributed by atoms with van der Waals surface area (Å²) in [5, 5.41) is 4.07. The number of thiocarbonyl (C=S) groups is 1. The normalized spacial score (nSPS) is 22.5. The van der Waals surface area contributed by atoms with Crippen LogP contribution in [0.3, 0.4) is 0 Å². The number of ether oxygens (including phenoxy) is 1. The van der Waals surface area contributed by atoms with E-state index in [0.717, 1.165) is 5.69 Å². The Bertz CT molecular complexity index is 832. The summed E-state index contributed by atoms with van der Waals surface area (Å²) in [5.74, 6) is -0.230. The topological polar surface area (TPSA) is 59.4 Å². The minimum absolute atomic E-state index is 0.00490. The third-order valence-corrected chi connectivity index (χ3v) is 6.16. The first kappa shape index (κ1) is 18.9. The molecular weight excluding hydrogens is 372 g/mol. The molecule has 1 N–H and O–H groups in total. The van der Waals surface area contributed by atoms with E-state index in [-0.39, 0.29) is 18.1 Å². The van der Waals surface area contributed by atoms with Gasteiger partial charge in [-0.05, 0) is 48.8 Å². The van der Waals surface area contributed by atoms with E-state index in [1.165, 1.54) is 38.4 Å². The molecule has 0 aromatic carbocycles. The van der Waals surface area contributed by atoms with E-state index in [9.17, 15) is 4.79 Å². The highest BCUT2D eigenvalue weighted by Gasteiger charge is 2.40. The third-order valence-electron chi connectivity index (χ3n) is 5.81. The average Bonchev–Trinajstić information content (AvgIpc) is 3.46. The first-order chi connectivity index (χ1) is 13.7. The van der Waals surface area contributed by atoms with E-state index < -0.39 is 0 Å². The Balaban J connectivity index is 1.64. The van der Waals surface area contributed by atoms with Crippen molar-refractivity contribution in [3.8, 4) is 0 Å². The molecule has 2 fully saturated rings. The molecule has 2 atom stereocenters. The van der Waals surface area contributed by atoms with Crippen molar-refractivity contribution in [2.45, 2.75) is 50.2 Å². The Kier molecular flexibility index (Phi) is 5.62. The van der Waals surface area contributed by atoms with Gasteiger partial charge < -0.3 is 19.5 Å². The lowest BCUT2D eigenvalue weighted by Crippen LogP contribution is -2.31. The van der Waals surface area contributed by atoms with E-state index in [0.29, 0.717) is 24.1 Å². The zero-order valence-electron chi connectivity index (χ0n) is 16.1. The number of hydrogen-bond donors (Lipinski definition) is 1. The molecule has 1 aliphatic heterocycles. The third kappa shape index (κ3) is 3.76. The van der Waals surface area contributed by atoms with Crippen molar-refractivity contribution in [1.82, 2.24) is 19.8 Å². The summed E-state index contributed by atoms with van der Waals surface area (Å²) in [6, 6.07) is 8.64. The van der Waals surface area contributed by atoms with Crippen molar-refractivity contribution >= 4 is 23.3 Å². The van der Waals surface area contributed by atoms with Crippen LogP contribution in [0.2, 0.25) is 0 Å². The summed E-state index contributed by atoms with van der Waals surface area (Å²) in [6.07, 6.45) is 11.6. The molecule has 0 radical (unpaired) electrons. The van der Waals surface area contributed by atoms with Crippen LogP contribution in [0, 0.1) is 0 Å². The second kappa shape index (κ2) is 8.31. The van der Waals surface area contributed by atoms with E-state index in [2.05, 4.69) is 38.2 Å². The number of methoxy groups -OCH3 is 1. The molecule has 28 heavy (non-hydrogen) atoms. The van der Waals surface area contributed by atoms with Crippen molar-refractivity contribution in [2.75, 3.05) is 13.7 Å². The summed E-state index contributed by atoms with van der Waals surface area (Å²) >= 11 is 5.62. The smallest absolute Gasteiger partial charge is 0.307 e. The van der Waals surface area contributed by atoms with Gasteiger partial charge in [0.1, 0.15) is 0 Å². The highest BCUT2D eigenvalue weighted by molar-refractivity contribution is 7.80. The predicted octanol–water partition coefficient (Wildman–Crippen LogP) is 3.53. The summed E-state index contributed by atoms with van der Waals surface area (Å²) in [6.45, 7) is 0.515. The van der Waals surface area contributed by atoms with Crippen LogP contribution in [-0.4, -0.2) is 39.2 Å². The number of nitrogens with zero attached hydrogens (tertiary/aromatic N) is 3. The molecule has 3 heterocycles. The molecule has 2 aromatic heterocycles. The van der Waals surface area contributed by atoms with Gasteiger partial charge in [-0.2, -0.15) is 0 Å². The van der Waals surface area contributed by atoms with Gasteiger partial charge in [-0.3, -0.25) is 9.78 Å². The van der Waals surface area contributed by atoms with E-state index in [4.69, 9.17) is 17.0 Å². The SMILES string of the molecule is COC(=O)CCN1C(=S)N[C@@H](c2ccccn2)[C@H]1c1ccn(C2CCCC2)c1. The summed E-state index contributed by atoms with van der Waals surface area (Å²) in [5.41, 5.74) is 2.14. The molecule has 0 unspecified atom stereocenters. The first-order valence-corrected chi connectivity index (χ1v) is 10.3. The monoisotopic (exact) mass is 398 g/mol. The Labute approximate surface area is 170 Å². The Morgan fingerprint density at radius 2 is 2.14 bits per heavy atom. The van der Waals surface area contributed by atoms with Crippen LogP contribution in [0.5, 0.6) is 0 Å². The molecular formula is C21H26N4O2S. The largest absolute Gasteiger partial charge is 0.469 e. The van der Waals surface area contributed by atoms with Crippen LogP contribution < -0.4 is 5.32 Å². The zero-order valence-corrected chi connectivity index (χ0v) is 16.9. The van der Waals surface area contributed by atoms with Crippen LogP contribution in [0.4, 0.5) is 0 Å². The number of esters is 1. The predicted molar refractivity (Wildman–Crippen MR) is 111 cm³/mol. The lowest BCUT2D eigenvalue weighted by molar-refractivity contribution is -0.140. The lowest BCUT2D eigenvalue weighted by atomic mass is 9.99. The molecule has 4 rings (SSSR count). The average molecular weight is 399 g/mol. The van der Waals surface area contributed by atoms with Crippen molar-refractivity contribution < 1.29 is 9.53 Å². The quantitative estimate of drug-likeness (QED) is 0.593. The van der Waals surface area contributed by atoms with Gasteiger partial charge in [-0.1, -0.05) is 18.9 Å². The Morgan fingerprint density at radius 1 is 1.32 bits per heavy atom. The summed E-state index contributed by atoms with van der Waals surface area (Å²) < 4.78 is 7.17. The van der Waals surface area contributed by atoms with Gasteiger partial charge in [0.05, 0.1) is 31.3 Å². The van der Waals surface area contributed by atoms with Crippen molar-refractivity contribution in [3.05, 3.63) is 54.1 Å². The number of hydrogen-bond acceptors (Lipinski definition) is 4. The molecule has 2 aromatic rings. The van der Waals surface area contributed by atoms with E-state index >= 15 is 0 Å². The number of carbonyl (C=O) groups excluding carboxylic acids is 1. The van der Waals surface area contributed by atoms with Gasteiger partial charge >= 0.3 is 5.97 Å². The molecule has 7 heteroatoms. The minimum Gasteiger partial charge on any atom is -0.469 e. The fraction of sp³-hybridized carbons (Fsp3) is 0.476. The van der Waals surface area contributed by atoms with Gasteiger partial charge in [0, 0.05) is 31.2 Å². The molecule has 6 nitrogen and oxygen atoms in total. The number of rotatable bonds is 6. The number of pyridine rings is 1. The van der Waals surface area contributed by atoms with E-state index in [1.807, 2.05) is 18.2 Å². The molecule has 1 saturated heterocycles. The van der Waals surface area contributed by atoms with Gasteiger partial charge in [0.15, 0.2) is 5.11 Å². The Hall–Kier alpha value is -2.41. The summed E-state index contributed by atoms with van der Waals surface area (Å²) in [4.78, 5) is 18.4. The fourth-order valence-corrected chi connectivity index (χ4v) is 4.69. The second-order valence-electron chi connectivity index (χ2n) is 7.48. The molecule has 1 aliphatic carbocycles. The highest BCUT2D eigenvalue weighted by Crippen LogP contribution is 2.40. The van der Waals surface area contributed by atoms with Crippen LogP contribution in [0.1, 0.15) is 61.5 Å². The fourth-order valence-electron chi connectivity index (χ4n) is 4.36. The Morgan fingerprint density at radius 3 is 2.86 bits per heavy atom. The zero-order chi connectivity index (χ0) is 19.5. The second-order valence-corrected chi connectivity index (χ2v) is 7.86. The van der Waals surface area contributed by atoms with Crippen LogP contribution >= 0.6 is 12.2 Å². The van der Waals surface area contributed by atoms with Gasteiger partial charge in [-0.15, -0.1) is 0 Å². The number of aromatic nitrogens is 2. The first-order valence-electron chi connectivity index (χ1n) is 9.89. The van der Waals surface area contributed by atoms with Crippen molar-refractivity contribution in [2.24, 2.45) is 0 Å². The van der Waals surface area contributed by atoms with Crippen LogP contribution in [-0.2, 0) is 9.53 Å². The maximum absolute atomic E-state index is 11.7.